The van der Waals surface area contributed by atoms with Gasteiger partial charge in [0, 0.05) is 29.7 Å². The fraction of sp³-hybridized carbons (Fsp3) is 0.300. The van der Waals surface area contributed by atoms with Crippen LogP contribution in [0.5, 0.6) is 0 Å². The fourth-order valence-corrected chi connectivity index (χ4v) is 4.63. The lowest BCUT2D eigenvalue weighted by Gasteiger charge is -2.18. The zero-order chi connectivity index (χ0) is 20.4. The second-order valence-corrected chi connectivity index (χ2v) is 8.31. The standard InChI is InChI=1S/C20H22N6OS2/c1-4-26(5-2)20(27)21-9-16-24-17(18(25-16)19-23-12(3)10-28-19)13-6-7-14-15(8-13)29-11-22-14/h6-8,10-11H,4-5,9H2,1-3H3,(H,21,27)(H,24,25). The minimum absolute atomic E-state index is 0.0920. The predicted octanol–water partition coefficient (Wildman–Crippen LogP) is 4.67. The van der Waals surface area contributed by atoms with Gasteiger partial charge in [0.2, 0.25) is 0 Å². The van der Waals surface area contributed by atoms with Gasteiger partial charge in [0.05, 0.1) is 28.0 Å². The number of nitrogens with zero attached hydrogens (tertiary/aromatic N) is 4. The molecule has 1 aromatic carbocycles. The SMILES string of the molecule is CCN(CC)C(=O)NCc1nc(-c2nc(C)cs2)c(-c2ccc3ncsc3c2)[nH]1. The molecule has 3 heterocycles. The van der Waals surface area contributed by atoms with Crippen LogP contribution in [0.3, 0.4) is 0 Å². The molecular weight excluding hydrogens is 404 g/mol. The van der Waals surface area contributed by atoms with E-state index in [1.807, 2.05) is 43.8 Å². The Morgan fingerprint density at radius 3 is 2.76 bits per heavy atom. The van der Waals surface area contributed by atoms with E-state index in [9.17, 15) is 4.79 Å². The van der Waals surface area contributed by atoms with Gasteiger partial charge in [-0.2, -0.15) is 0 Å². The van der Waals surface area contributed by atoms with E-state index < -0.39 is 0 Å². The van der Waals surface area contributed by atoms with Crippen molar-refractivity contribution in [2.75, 3.05) is 13.1 Å². The van der Waals surface area contributed by atoms with E-state index in [4.69, 9.17) is 4.98 Å². The van der Waals surface area contributed by atoms with Gasteiger partial charge in [-0.3, -0.25) is 0 Å². The van der Waals surface area contributed by atoms with E-state index in [-0.39, 0.29) is 6.03 Å². The molecule has 2 N–H and O–H groups in total. The van der Waals surface area contributed by atoms with Gasteiger partial charge < -0.3 is 15.2 Å². The molecule has 0 atom stereocenters. The molecule has 150 valence electrons. The number of aromatic amines is 1. The highest BCUT2D eigenvalue weighted by Gasteiger charge is 2.18. The van der Waals surface area contributed by atoms with Gasteiger partial charge in [0.1, 0.15) is 16.5 Å². The van der Waals surface area contributed by atoms with Crippen LogP contribution in [0, 0.1) is 6.92 Å². The molecule has 0 spiro atoms. The Morgan fingerprint density at radius 2 is 2.03 bits per heavy atom. The zero-order valence-electron chi connectivity index (χ0n) is 16.5. The van der Waals surface area contributed by atoms with Gasteiger partial charge in [-0.25, -0.2) is 19.7 Å². The van der Waals surface area contributed by atoms with Crippen molar-refractivity contribution >= 4 is 38.9 Å². The summed E-state index contributed by atoms with van der Waals surface area (Å²) in [6.07, 6.45) is 0. The number of imidazole rings is 1. The molecule has 0 aliphatic carbocycles. The van der Waals surface area contributed by atoms with Gasteiger partial charge in [-0.15, -0.1) is 22.7 Å². The molecule has 0 saturated heterocycles. The third-order valence-corrected chi connectivity index (χ3v) is 6.41. The Labute approximate surface area is 176 Å². The van der Waals surface area contributed by atoms with Crippen molar-refractivity contribution in [2.45, 2.75) is 27.3 Å². The second-order valence-electron chi connectivity index (χ2n) is 6.57. The van der Waals surface area contributed by atoms with Crippen molar-refractivity contribution in [2.24, 2.45) is 0 Å². The van der Waals surface area contributed by atoms with Crippen molar-refractivity contribution in [3.8, 4) is 22.0 Å². The summed E-state index contributed by atoms with van der Waals surface area (Å²) in [4.78, 5) is 31.2. The number of carbonyl (C=O) groups is 1. The number of hydrogen-bond donors (Lipinski definition) is 2. The molecule has 7 nitrogen and oxygen atoms in total. The maximum Gasteiger partial charge on any atom is 0.317 e. The first kappa shape index (κ1) is 19.5. The molecule has 0 bridgehead atoms. The summed E-state index contributed by atoms with van der Waals surface area (Å²) < 4.78 is 1.12. The number of aromatic nitrogens is 4. The summed E-state index contributed by atoms with van der Waals surface area (Å²) in [7, 11) is 0. The first-order chi connectivity index (χ1) is 14.1. The molecular formula is C20H22N6OS2. The van der Waals surface area contributed by atoms with Crippen molar-refractivity contribution in [3.05, 3.63) is 40.6 Å². The van der Waals surface area contributed by atoms with E-state index in [0.717, 1.165) is 37.9 Å². The summed E-state index contributed by atoms with van der Waals surface area (Å²) in [6, 6.07) is 6.08. The van der Waals surface area contributed by atoms with Crippen molar-refractivity contribution in [3.63, 3.8) is 0 Å². The molecule has 0 aliphatic rings. The second kappa shape index (κ2) is 8.30. The molecule has 29 heavy (non-hydrogen) atoms. The molecule has 3 aromatic heterocycles. The molecule has 0 aliphatic heterocycles. The number of hydrogen-bond acceptors (Lipinski definition) is 6. The smallest absolute Gasteiger partial charge is 0.317 e. The first-order valence-electron chi connectivity index (χ1n) is 9.46. The Balaban J connectivity index is 1.68. The highest BCUT2D eigenvalue weighted by molar-refractivity contribution is 7.16. The van der Waals surface area contributed by atoms with Gasteiger partial charge in [-0.05, 0) is 32.9 Å². The number of amides is 2. The quantitative estimate of drug-likeness (QED) is 0.469. The molecule has 0 unspecified atom stereocenters. The number of aryl methyl sites for hydroxylation is 1. The van der Waals surface area contributed by atoms with Crippen LogP contribution < -0.4 is 5.32 Å². The summed E-state index contributed by atoms with van der Waals surface area (Å²) >= 11 is 3.18. The first-order valence-corrected chi connectivity index (χ1v) is 11.2. The lowest BCUT2D eigenvalue weighted by atomic mass is 10.1. The number of fused-ring (bicyclic) bond motifs is 1. The number of thiazole rings is 2. The Hall–Kier alpha value is -2.78. The van der Waals surface area contributed by atoms with Crippen LogP contribution in [0.15, 0.2) is 29.1 Å². The Kier molecular flexibility index (Phi) is 5.59. The van der Waals surface area contributed by atoms with Crippen LogP contribution in [0.1, 0.15) is 25.4 Å². The number of H-pyrrole nitrogens is 1. The normalized spacial score (nSPS) is 11.1. The third kappa shape index (κ3) is 4.01. The van der Waals surface area contributed by atoms with E-state index >= 15 is 0 Å². The molecule has 4 aromatic rings. The van der Waals surface area contributed by atoms with E-state index in [1.165, 1.54) is 0 Å². The van der Waals surface area contributed by atoms with Gasteiger partial charge >= 0.3 is 6.03 Å². The Bertz CT molecular complexity index is 1140. The lowest BCUT2D eigenvalue weighted by Crippen LogP contribution is -2.39. The minimum atomic E-state index is -0.0920. The van der Waals surface area contributed by atoms with Gasteiger partial charge in [-0.1, -0.05) is 6.07 Å². The molecule has 0 fully saturated rings. The topological polar surface area (TPSA) is 86.8 Å². The number of carbonyl (C=O) groups excluding carboxylic acids is 1. The van der Waals surface area contributed by atoms with Crippen LogP contribution in [0.2, 0.25) is 0 Å². The molecule has 0 saturated carbocycles. The molecule has 2 amide bonds. The number of nitrogens with one attached hydrogen (secondary N) is 2. The number of rotatable bonds is 6. The van der Waals surface area contributed by atoms with Gasteiger partial charge in [0.15, 0.2) is 0 Å². The third-order valence-electron chi connectivity index (χ3n) is 4.65. The highest BCUT2D eigenvalue weighted by atomic mass is 32.1. The van der Waals surface area contributed by atoms with E-state index in [2.05, 4.69) is 26.3 Å². The average Bonchev–Trinajstić information content (AvgIpc) is 3.45. The molecule has 9 heteroatoms. The number of urea groups is 1. The van der Waals surface area contributed by atoms with Crippen molar-refractivity contribution in [1.29, 1.82) is 0 Å². The molecule has 0 radical (unpaired) electrons. The maximum atomic E-state index is 12.3. The molecule has 4 rings (SSSR count). The average molecular weight is 427 g/mol. The van der Waals surface area contributed by atoms with Crippen LogP contribution >= 0.6 is 22.7 Å². The Morgan fingerprint density at radius 1 is 1.21 bits per heavy atom. The fourth-order valence-electron chi connectivity index (χ4n) is 3.12. The van der Waals surface area contributed by atoms with Crippen LogP contribution in [-0.4, -0.2) is 44.0 Å². The van der Waals surface area contributed by atoms with Crippen LogP contribution in [0.4, 0.5) is 4.79 Å². The maximum absolute atomic E-state index is 12.3. The summed E-state index contributed by atoms with van der Waals surface area (Å²) in [5.74, 6) is 0.702. The highest BCUT2D eigenvalue weighted by Crippen LogP contribution is 2.34. The number of benzene rings is 1. The minimum Gasteiger partial charge on any atom is -0.340 e. The summed E-state index contributed by atoms with van der Waals surface area (Å²) in [6.45, 7) is 7.57. The predicted molar refractivity (Wildman–Crippen MR) is 118 cm³/mol. The van der Waals surface area contributed by atoms with E-state index in [1.54, 1.807) is 27.6 Å². The van der Waals surface area contributed by atoms with Crippen LogP contribution in [-0.2, 0) is 6.54 Å². The van der Waals surface area contributed by atoms with Crippen molar-refractivity contribution < 1.29 is 4.79 Å². The van der Waals surface area contributed by atoms with Crippen LogP contribution in [0.25, 0.3) is 32.2 Å². The monoisotopic (exact) mass is 426 g/mol. The van der Waals surface area contributed by atoms with E-state index in [0.29, 0.717) is 25.5 Å². The largest absolute Gasteiger partial charge is 0.340 e. The lowest BCUT2D eigenvalue weighted by molar-refractivity contribution is 0.202. The summed E-state index contributed by atoms with van der Waals surface area (Å²) in [5.41, 5.74) is 6.53. The van der Waals surface area contributed by atoms with Crippen molar-refractivity contribution in [1.82, 2.24) is 30.2 Å². The summed E-state index contributed by atoms with van der Waals surface area (Å²) in [5, 5.41) is 5.82. The van der Waals surface area contributed by atoms with Gasteiger partial charge in [0.25, 0.3) is 0 Å². The zero-order valence-corrected chi connectivity index (χ0v) is 18.2.